The number of carboxylic acid groups (broad SMARTS) is 2. The molecule has 4 amide bonds. The molecule has 7 N–H and O–H groups in total. The van der Waals surface area contributed by atoms with Crippen LogP contribution in [-0.2, 0) is 22.4 Å². The van der Waals surface area contributed by atoms with Gasteiger partial charge in [-0.1, -0.05) is 48.5 Å². The van der Waals surface area contributed by atoms with Crippen LogP contribution < -0.4 is 57.9 Å². The van der Waals surface area contributed by atoms with Crippen molar-refractivity contribution < 1.29 is 102 Å². The first kappa shape index (κ1) is 41.2. The van der Waals surface area contributed by atoms with E-state index in [0.717, 1.165) is 27.7 Å². The number of nitrogens with zero attached hydrogens (tertiary/aromatic N) is 2. The normalized spacial score (nSPS) is 13.8. The maximum Gasteiger partial charge on any atom is 0.327 e. The van der Waals surface area contributed by atoms with Crippen molar-refractivity contribution in [3.63, 3.8) is 0 Å². The lowest BCUT2D eigenvalue weighted by Gasteiger charge is -2.31. The molecule has 4 heterocycles. The number of aliphatic hydroxyl groups is 1. The third kappa shape index (κ3) is 7.59. The number of carbonyl (C=O) groups excluding carboxylic acids is 4. The number of carbonyl (C=O) groups is 6. The summed E-state index contributed by atoms with van der Waals surface area (Å²) in [5.74, 6) is -4.81. The van der Waals surface area contributed by atoms with Crippen LogP contribution in [0.3, 0.4) is 0 Å². The van der Waals surface area contributed by atoms with Gasteiger partial charge >= 0.3 is 11.9 Å². The third-order valence-electron chi connectivity index (χ3n) is 8.82. The van der Waals surface area contributed by atoms with Crippen molar-refractivity contribution in [2.24, 2.45) is 0 Å². The molecule has 2 aromatic heterocycles. The summed E-state index contributed by atoms with van der Waals surface area (Å²) in [6.07, 6.45) is 6.28. The molecule has 0 saturated carbocycles. The van der Waals surface area contributed by atoms with Crippen molar-refractivity contribution in [3.05, 3.63) is 131 Å². The molecular weight excluding hydrogens is 926 g/mol. The number of amides is 4. The van der Waals surface area contributed by atoms with Gasteiger partial charge in [-0.25, -0.2) is 19.6 Å². The van der Waals surface area contributed by atoms with Crippen LogP contribution in [0.25, 0.3) is 21.5 Å². The lowest BCUT2D eigenvalue weighted by Crippen LogP contribution is -3.00. The molecule has 0 aliphatic carbocycles. The van der Waals surface area contributed by atoms with Crippen LogP contribution in [0.1, 0.15) is 52.8 Å². The summed E-state index contributed by atoms with van der Waals surface area (Å²) in [7, 11) is 1.00. The molecule has 2 aliphatic rings. The van der Waals surface area contributed by atoms with Crippen LogP contribution in [0, 0.1) is 0 Å². The number of halogens is 2. The minimum Gasteiger partial charge on any atom is -1.00 e. The number of H-pyrrole nitrogens is 4. The van der Waals surface area contributed by atoms with Gasteiger partial charge in [-0.15, -0.1) is 0 Å². The highest BCUT2D eigenvalue weighted by Gasteiger charge is 2.42. The topological polar surface area (TPSA) is 229 Å². The van der Waals surface area contributed by atoms with Crippen LogP contribution >= 0.6 is 0 Å². The minimum absolute atomic E-state index is 0. The molecule has 2 atom stereocenters. The number of aliphatic carboxylic acids is 2. The van der Waals surface area contributed by atoms with Crippen LogP contribution in [0.4, 0.5) is 0 Å². The Bertz CT molecular complexity index is 2100. The smallest absolute Gasteiger partial charge is 0.327 e. The molecule has 0 spiro atoms. The second-order valence-corrected chi connectivity index (χ2v) is 11.7. The zero-order valence-electron chi connectivity index (χ0n) is 28.2. The maximum absolute atomic E-state index is 12.9. The molecule has 0 fully saturated rings. The Kier molecular flexibility index (Phi) is 13.4. The molecule has 0 radical (unpaired) electrons. The van der Waals surface area contributed by atoms with E-state index in [9.17, 15) is 39.0 Å². The van der Waals surface area contributed by atoms with Gasteiger partial charge in [-0.05, 0) is 35.0 Å². The maximum atomic E-state index is 12.9. The second kappa shape index (κ2) is 17.5. The third-order valence-corrected chi connectivity index (χ3v) is 8.82. The average Bonchev–Trinajstić information content (AvgIpc) is 3.88. The van der Waals surface area contributed by atoms with E-state index in [2.05, 4.69) is 19.9 Å². The first-order valence-corrected chi connectivity index (χ1v) is 15.9. The van der Waals surface area contributed by atoms with Crippen molar-refractivity contribution in [2.45, 2.75) is 24.9 Å². The number of imide groups is 2. The molecule has 15 nitrogen and oxygen atoms in total. The summed E-state index contributed by atoms with van der Waals surface area (Å²) in [5.41, 5.74) is 2.55. The van der Waals surface area contributed by atoms with Gasteiger partial charge in [0.05, 0.1) is 0 Å². The fourth-order valence-corrected chi connectivity index (χ4v) is 6.53. The van der Waals surface area contributed by atoms with Crippen LogP contribution in [-0.4, -0.2) is 89.8 Å². The van der Waals surface area contributed by atoms with E-state index < -0.39 is 47.7 Å². The Hall–Kier alpha value is -5.54. The van der Waals surface area contributed by atoms with Gasteiger partial charge in [-0.2, -0.15) is 0 Å². The first-order valence-electron chi connectivity index (χ1n) is 15.9. The summed E-state index contributed by atoms with van der Waals surface area (Å²) in [6, 6.07) is 18.1. The highest BCUT2D eigenvalue weighted by molar-refractivity contribution is 6.27. The molecule has 4 aromatic carbocycles. The number of aromatic amines is 4. The average molecular weight is 959 g/mol. The molecule has 54 heavy (non-hydrogen) atoms. The number of nitrogens with one attached hydrogen (secondary N) is 4. The highest BCUT2D eigenvalue weighted by Crippen LogP contribution is 2.33. The molecular formula is C37H32I2N6O9. The molecule has 8 rings (SSSR count). The summed E-state index contributed by atoms with van der Waals surface area (Å²) in [6.45, 7) is 0. The van der Waals surface area contributed by atoms with E-state index in [4.69, 9.17) is 5.11 Å². The number of carboxylic acids is 2. The Labute approximate surface area is 340 Å². The quantitative estimate of drug-likeness (QED) is 0.0743. The Balaban J connectivity index is 0.000000222. The number of imidazole rings is 2. The number of hydrogen-bond acceptors (Lipinski definition) is 7. The zero-order chi connectivity index (χ0) is 37.1. The van der Waals surface area contributed by atoms with Gasteiger partial charge in [0.2, 0.25) is 12.7 Å². The van der Waals surface area contributed by atoms with Crippen molar-refractivity contribution in [3.8, 4) is 0 Å². The predicted molar refractivity (Wildman–Crippen MR) is 182 cm³/mol. The van der Waals surface area contributed by atoms with Crippen molar-refractivity contribution in [1.82, 2.24) is 19.8 Å². The van der Waals surface area contributed by atoms with E-state index in [-0.39, 0.29) is 60.8 Å². The Morgan fingerprint density at radius 3 is 1.11 bits per heavy atom. The minimum atomic E-state index is -1.30. The standard InChI is InChI=1S/2C18H13N3O4.CH4O.2HI/c2*22-16-12-5-1-3-10-4-2-6-13(15(10)12)17(23)21(16)14(18(24)25)7-11-8-19-9-20-11;1-2;;/h2*1-6,8-9,14H,7H2,(H,19,20)(H,24,25);2H,1H3;2*1H/t2*14-;;;/m00.../s1. The Morgan fingerprint density at radius 2 is 0.870 bits per heavy atom. The van der Waals surface area contributed by atoms with Crippen LogP contribution in [0.2, 0.25) is 0 Å². The summed E-state index contributed by atoms with van der Waals surface area (Å²) in [4.78, 5) is 88.3. The summed E-state index contributed by atoms with van der Waals surface area (Å²) >= 11 is 0. The van der Waals surface area contributed by atoms with Gasteiger partial charge in [0, 0.05) is 53.0 Å². The summed E-state index contributed by atoms with van der Waals surface area (Å²) < 4.78 is 0. The predicted octanol–water partition coefficient (Wildman–Crippen LogP) is -3.84. The van der Waals surface area contributed by atoms with Gasteiger partial charge in [0.1, 0.15) is 35.9 Å². The number of rotatable bonds is 8. The molecule has 2 aliphatic heterocycles. The fourth-order valence-electron chi connectivity index (χ4n) is 6.53. The monoisotopic (exact) mass is 958 g/mol. The SMILES string of the molecule is CO.O=C(O)[C@H](Cc1c[nH+]c[nH]1)N1C(=O)c2cccc3cccc(c23)C1=O.O=C(O)[C@H](Cc1c[nH+]c[nH]1)N1C(=O)c2cccc3cccc(c23)C1=O.[I-].[I-]. The lowest BCUT2D eigenvalue weighted by molar-refractivity contribution is -0.376. The highest BCUT2D eigenvalue weighted by atomic mass is 127. The van der Waals surface area contributed by atoms with Crippen LogP contribution in [0.15, 0.2) is 97.8 Å². The van der Waals surface area contributed by atoms with E-state index >= 15 is 0 Å². The summed E-state index contributed by atoms with van der Waals surface area (Å²) in [5, 5.41) is 29.0. The number of benzene rings is 4. The van der Waals surface area contributed by atoms with Crippen LogP contribution in [0.5, 0.6) is 0 Å². The largest absolute Gasteiger partial charge is 1.00 e. The van der Waals surface area contributed by atoms with Gasteiger partial charge in [0.15, 0.2) is 0 Å². The lowest BCUT2D eigenvalue weighted by atomic mass is 9.92. The zero-order valence-corrected chi connectivity index (χ0v) is 32.6. The van der Waals surface area contributed by atoms with Crippen molar-refractivity contribution >= 4 is 57.1 Å². The molecule has 17 heteroatoms. The van der Waals surface area contributed by atoms with Gasteiger partial charge in [-0.3, -0.25) is 38.9 Å². The molecule has 278 valence electrons. The second-order valence-electron chi connectivity index (χ2n) is 11.7. The molecule has 0 bridgehead atoms. The fraction of sp³-hybridized carbons (Fsp3) is 0.135. The number of aliphatic hydroxyl groups excluding tert-OH is 1. The van der Waals surface area contributed by atoms with E-state index in [1.807, 2.05) is 24.3 Å². The van der Waals surface area contributed by atoms with E-state index in [0.29, 0.717) is 44.4 Å². The molecule has 0 saturated heterocycles. The number of aromatic nitrogens is 4. The number of hydrogen-bond donors (Lipinski definition) is 5. The Morgan fingerprint density at radius 1 is 0.574 bits per heavy atom. The van der Waals surface area contributed by atoms with E-state index in [1.54, 1.807) is 73.6 Å². The molecule has 6 aromatic rings. The van der Waals surface area contributed by atoms with Crippen molar-refractivity contribution in [2.75, 3.05) is 7.11 Å². The van der Waals surface area contributed by atoms with E-state index in [1.165, 1.54) is 0 Å². The molecule has 0 unspecified atom stereocenters. The van der Waals surface area contributed by atoms with Crippen molar-refractivity contribution in [1.29, 1.82) is 0 Å². The van der Waals surface area contributed by atoms with Gasteiger partial charge in [0.25, 0.3) is 23.6 Å². The first-order chi connectivity index (χ1) is 25.2. The van der Waals surface area contributed by atoms with Gasteiger partial charge < -0.3 is 63.3 Å².